The molecule has 0 spiro atoms. The van der Waals surface area contributed by atoms with Gasteiger partial charge in [-0.05, 0) is 83.8 Å². The lowest BCUT2D eigenvalue weighted by Gasteiger charge is -2.52. The van der Waals surface area contributed by atoms with E-state index in [0.717, 1.165) is 49.7 Å². The first kappa shape index (κ1) is 23.8. The van der Waals surface area contributed by atoms with Gasteiger partial charge in [0, 0.05) is 11.1 Å². The molecule has 0 radical (unpaired) electrons. The van der Waals surface area contributed by atoms with E-state index in [1.807, 2.05) is 30.3 Å². The van der Waals surface area contributed by atoms with Gasteiger partial charge in [-0.3, -0.25) is 4.84 Å². The molecule has 1 saturated heterocycles. The molecule has 2 aliphatic rings. The predicted octanol–water partition coefficient (Wildman–Crippen LogP) is 6.83. The first-order valence-electron chi connectivity index (χ1n) is 11.7. The molecule has 0 amide bonds. The van der Waals surface area contributed by atoms with Crippen LogP contribution in [0.4, 0.5) is 4.79 Å². The molecule has 2 fully saturated rings. The van der Waals surface area contributed by atoms with Gasteiger partial charge < -0.3 is 9.47 Å². The number of ether oxygens (including phenoxy) is 2. The van der Waals surface area contributed by atoms with Crippen LogP contribution in [0.3, 0.4) is 0 Å². The minimum Gasteiger partial charge on any atom is -0.431 e. The lowest BCUT2D eigenvalue weighted by Crippen LogP contribution is -2.58. The quantitative estimate of drug-likeness (QED) is 0.445. The highest BCUT2D eigenvalue weighted by molar-refractivity contribution is 5.60. The third kappa shape index (κ3) is 6.33. The molecule has 31 heavy (non-hydrogen) atoms. The van der Waals surface area contributed by atoms with Crippen LogP contribution in [0.5, 0.6) is 0 Å². The minimum absolute atomic E-state index is 0.0209. The van der Waals surface area contributed by atoms with Crippen molar-refractivity contribution >= 4 is 12.2 Å². The van der Waals surface area contributed by atoms with Crippen molar-refractivity contribution in [2.24, 2.45) is 0 Å². The van der Waals surface area contributed by atoms with Gasteiger partial charge in [-0.2, -0.15) is 5.06 Å². The maximum atomic E-state index is 12.4. The normalized spacial score (nSPS) is 22.5. The van der Waals surface area contributed by atoms with Crippen LogP contribution in [0.15, 0.2) is 30.8 Å². The zero-order valence-electron chi connectivity index (χ0n) is 19.7. The van der Waals surface area contributed by atoms with Crippen LogP contribution >= 0.6 is 0 Å². The lowest BCUT2D eigenvalue weighted by atomic mass is 9.82. The van der Waals surface area contributed by atoms with Gasteiger partial charge in [-0.15, -0.1) is 0 Å². The molecule has 172 valence electrons. The second-order valence-corrected chi connectivity index (χ2v) is 10.2. The monoisotopic (exact) mass is 429 g/mol. The van der Waals surface area contributed by atoms with Gasteiger partial charge in [0.2, 0.25) is 0 Å². The lowest BCUT2D eigenvalue weighted by molar-refractivity contribution is -0.311. The maximum absolute atomic E-state index is 12.4. The smallest absolute Gasteiger partial charge is 0.431 e. The summed E-state index contributed by atoms with van der Waals surface area (Å²) in [6.45, 7) is 12.8. The molecular weight excluding hydrogens is 390 g/mol. The van der Waals surface area contributed by atoms with Crippen LogP contribution in [0.25, 0.3) is 6.08 Å². The summed E-state index contributed by atoms with van der Waals surface area (Å²) in [5.74, 6) is 0. The van der Waals surface area contributed by atoms with Crippen LogP contribution in [0.2, 0.25) is 0 Å². The van der Waals surface area contributed by atoms with Crippen molar-refractivity contribution in [1.29, 1.82) is 0 Å². The SMILES string of the molecule is C=Cc1ccc(C(COC(=O)OC2CCCCC2)ON2C(C)(C)CCCC2(C)C)cc1. The number of rotatable bonds is 7. The Bertz CT molecular complexity index is 718. The molecule has 3 rings (SSSR count). The number of benzene rings is 1. The molecule has 5 nitrogen and oxygen atoms in total. The van der Waals surface area contributed by atoms with Gasteiger partial charge in [0.05, 0.1) is 0 Å². The molecule has 1 aromatic carbocycles. The number of hydroxylamine groups is 2. The van der Waals surface area contributed by atoms with Crippen LogP contribution < -0.4 is 0 Å². The Kier molecular flexibility index (Phi) is 7.82. The van der Waals surface area contributed by atoms with E-state index >= 15 is 0 Å². The second kappa shape index (κ2) is 10.2. The molecule has 0 bridgehead atoms. The summed E-state index contributed by atoms with van der Waals surface area (Å²) in [6, 6.07) is 8.04. The molecule has 0 N–H and O–H groups in total. The van der Waals surface area contributed by atoms with E-state index in [0.29, 0.717) is 0 Å². The highest BCUT2D eigenvalue weighted by Gasteiger charge is 2.44. The zero-order chi connectivity index (χ0) is 22.5. The van der Waals surface area contributed by atoms with Crippen LogP contribution in [-0.2, 0) is 14.3 Å². The van der Waals surface area contributed by atoms with Crippen molar-refractivity contribution in [2.75, 3.05) is 6.61 Å². The minimum atomic E-state index is -0.597. The van der Waals surface area contributed by atoms with Crippen LogP contribution in [0.1, 0.15) is 96.3 Å². The number of carbonyl (C=O) groups is 1. The van der Waals surface area contributed by atoms with Crippen LogP contribution in [-0.4, -0.2) is 35.0 Å². The first-order valence-corrected chi connectivity index (χ1v) is 11.7. The van der Waals surface area contributed by atoms with Crippen molar-refractivity contribution in [3.8, 4) is 0 Å². The molecular formula is C26H39NO4. The van der Waals surface area contributed by atoms with E-state index in [9.17, 15) is 4.79 Å². The number of hydrogen-bond donors (Lipinski definition) is 0. The van der Waals surface area contributed by atoms with Gasteiger partial charge in [0.25, 0.3) is 0 Å². The Labute approximate surface area is 187 Å². The van der Waals surface area contributed by atoms with Crippen molar-refractivity contribution in [3.05, 3.63) is 42.0 Å². The van der Waals surface area contributed by atoms with Crippen molar-refractivity contribution < 1.29 is 19.1 Å². The fourth-order valence-corrected chi connectivity index (χ4v) is 4.92. The molecule has 1 atom stereocenters. The van der Waals surface area contributed by atoms with E-state index < -0.39 is 12.3 Å². The van der Waals surface area contributed by atoms with Gasteiger partial charge in [0.15, 0.2) is 0 Å². The maximum Gasteiger partial charge on any atom is 0.508 e. The van der Waals surface area contributed by atoms with Crippen LogP contribution in [0, 0.1) is 0 Å². The third-order valence-electron chi connectivity index (χ3n) is 6.62. The van der Waals surface area contributed by atoms with E-state index in [2.05, 4.69) is 39.3 Å². The Morgan fingerprint density at radius 2 is 1.68 bits per heavy atom. The first-order chi connectivity index (χ1) is 14.7. The Morgan fingerprint density at radius 1 is 1.06 bits per heavy atom. The molecule has 1 aromatic rings. The highest BCUT2D eigenvalue weighted by atomic mass is 16.7. The number of hydrogen-bond acceptors (Lipinski definition) is 5. The van der Waals surface area contributed by atoms with E-state index in [1.54, 1.807) is 0 Å². The summed E-state index contributed by atoms with van der Waals surface area (Å²) in [6.07, 6.45) is 9.36. The van der Waals surface area contributed by atoms with E-state index in [1.165, 1.54) is 12.8 Å². The number of piperidine rings is 1. The Balaban J connectivity index is 1.72. The average molecular weight is 430 g/mol. The largest absolute Gasteiger partial charge is 0.508 e. The number of carbonyl (C=O) groups excluding carboxylic acids is 1. The van der Waals surface area contributed by atoms with Gasteiger partial charge in [0.1, 0.15) is 18.8 Å². The Hall–Kier alpha value is -1.85. The van der Waals surface area contributed by atoms with Gasteiger partial charge in [-0.25, -0.2) is 4.79 Å². The fourth-order valence-electron chi connectivity index (χ4n) is 4.92. The summed E-state index contributed by atoms with van der Waals surface area (Å²) < 4.78 is 11.1. The summed E-state index contributed by atoms with van der Waals surface area (Å²) in [4.78, 5) is 19.0. The summed E-state index contributed by atoms with van der Waals surface area (Å²) >= 11 is 0. The van der Waals surface area contributed by atoms with Crippen molar-refractivity contribution in [2.45, 2.75) is 102 Å². The molecule has 1 unspecified atom stereocenters. The molecule has 1 saturated carbocycles. The van der Waals surface area contributed by atoms with Gasteiger partial charge in [-0.1, -0.05) is 43.3 Å². The Morgan fingerprint density at radius 3 is 2.26 bits per heavy atom. The fraction of sp³-hybridized carbons (Fsp3) is 0.654. The summed E-state index contributed by atoms with van der Waals surface area (Å²) in [5, 5.41) is 2.12. The van der Waals surface area contributed by atoms with Crippen molar-refractivity contribution in [1.82, 2.24) is 5.06 Å². The summed E-state index contributed by atoms with van der Waals surface area (Å²) in [7, 11) is 0. The predicted molar refractivity (Wildman–Crippen MR) is 124 cm³/mol. The van der Waals surface area contributed by atoms with E-state index in [-0.39, 0.29) is 23.8 Å². The highest BCUT2D eigenvalue weighted by Crippen LogP contribution is 2.40. The zero-order valence-corrected chi connectivity index (χ0v) is 19.7. The molecule has 5 heteroatoms. The second-order valence-electron chi connectivity index (χ2n) is 10.2. The van der Waals surface area contributed by atoms with Gasteiger partial charge >= 0.3 is 6.16 Å². The molecule has 1 heterocycles. The number of nitrogens with zero attached hydrogens (tertiary/aromatic N) is 1. The third-order valence-corrected chi connectivity index (χ3v) is 6.62. The molecule has 1 aliphatic carbocycles. The topological polar surface area (TPSA) is 48.0 Å². The molecule has 0 aromatic heterocycles. The van der Waals surface area contributed by atoms with E-state index in [4.69, 9.17) is 14.3 Å². The summed E-state index contributed by atoms with van der Waals surface area (Å²) in [5.41, 5.74) is 1.79. The molecule has 1 aliphatic heterocycles. The van der Waals surface area contributed by atoms with Crippen molar-refractivity contribution in [3.63, 3.8) is 0 Å². The average Bonchev–Trinajstić information content (AvgIpc) is 2.73. The standard InChI is InChI=1S/C26H39NO4/c1-6-20-13-15-21(16-14-20)23(19-29-24(28)30-22-11-8-7-9-12-22)31-27-25(2,3)17-10-18-26(27,4)5/h6,13-16,22-23H,1,7-12,17-19H2,2-5H3.